The molecule has 0 rings (SSSR count). The van der Waals surface area contributed by atoms with Gasteiger partial charge in [0.15, 0.2) is 0 Å². The molecule has 0 aliphatic rings. The summed E-state index contributed by atoms with van der Waals surface area (Å²) in [5, 5.41) is 4.18. The fraction of sp³-hybridized carbons (Fsp3) is 1.00. The van der Waals surface area contributed by atoms with Crippen LogP contribution >= 0.6 is 8.19 Å². The first-order valence-corrected chi connectivity index (χ1v) is 4.48. The highest BCUT2D eigenvalue weighted by atomic mass is 31.3. The molecule has 0 aromatic carbocycles. The molecule has 0 spiro atoms. The molecule has 0 bridgehead atoms. The van der Waals surface area contributed by atoms with E-state index >= 15 is 0 Å². The number of hydrogen-bond acceptors (Lipinski definition) is 2. The molecule has 0 aromatic heterocycles. The summed E-state index contributed by atoms with van der Waals surface area (Å²) in [6.45, 7) is 3.94. The molecule has 5 heteroatoms. The van der Waals surface area contributed by atoms with Gasteiger partial charge in [0.05, 0.1) is 0 Å². The van der Waals surface area contributed by atoms with Crippen LogP contribution in [-0.4, -0.2) is 13.1 Å². The molecule has 0 saturated carbocycles. The quantitative estimate of drug-likeness (QED) is 0.608. The number of rotatable bonds is 4. The molecule has 0 amide bonds. The Kier molecular flexibility index (Phi) is 4.19. The van der Waals surface area contributed by atoms with Crippen molar-refractivity contribution in [1.82, 2.24) is 10.2 Å². The van der Waals surface area contributed by atoms with E-state index in [4.69, 9.17) is 0 Å². The van der Waals surface area contributed by atoms with E-state index in [0.717, 1.165) is 0 Å². The summed E-state index contributed by atoms with van der Waals surface area (Å²) in [7, 11) is -3.94. The lowest BCUT2D eigenvalue weighted by Crippen LogP contribution is -2.21. The Balaban J connectivity index is 3.43. The molecule has 0 fully saturated rings. The zero-order valence-electron chi connectivity index (χ0n) is 5.62. The normalized spacial score (nSPS) is 12.0. The van der Waals surface area contributed by atoms with E-state index in [2.05, 4.69) is 10.2 Å². The summed E-state index contributed by atoms with van der Waals surface area (Å²) in [5.41, 5.74) is 0. The Hall–Kier alpha value is 0.210. The van der Waals surface area contributed by atoms with Gasteiger partial charge < -0.3 is 0 Å². The van der Waals surface area contributed by atoms with E-state index in [0.29, 0.717) is 13.1 Å². The third kappa shape index (κ3) is 4.70. The SMILES string of the molecule is CCN[P+](F)(F)NCC. The van der Waals surface area contributed by atoms with Crippen LogP contribution in [0, 0.1) is 0 Å². The van der Waals surface area contributed by atoms with Crippen molar-refractivity contribution in [2.75, 3.05) is 13.1 Å². The summed E-state index contributed by atoms with van der Waals surface area (Å²) in [6.07, 6.45) is 0. The smallest absolute Gasteiger partial charge is 0.117 e. The molecule has 0 aliphatic carbocycles. The second-order valence-electron chi connectivity index (χ2n) is 1.54. The zero-order chi connectivity index (χ0) is 7.33. The highest BCUT2D eigenvalue weighted by Gasteiger charge is 2.39. The standard InChI is InChI=1S/C4H12F2N2P/c1-3-7-9(5,6)8-4-2/h7-8H,3-4H2,1-2H3/q+1. The van der Waals surface area contributed by atoms with Gasteiger partial charge in [-0.05, 0) is 13.8 Å². The minimum Gasteiger partial charge on any atom is -0.117 e. The summed E-state index contributed by atoms with van der Waals surface area (Å²) in [6, 6.07) is 0. The van der Waals surface area contributed by atoms with Gasteiger partial charge >= 0.3 is 8.19 Å². The highest BCUT2D eigenvalue weighted by Crippen LogP contribution is 2.53. The fourth-order valence-electron chi connectivity index (χ4n) is 0.453. The van der Waals surface area contributed by atoms with Gasteiger partial charge in [-0.3, -0.25) is 0 Å². The Bertz CT molecular complexity index is 71.0. The first-order valence-electron chi connectivity index (χ1n) is 2.91. The number of nitrogens with one attached hydrogen (secondary N) is 2. The fourth-order valence-corrected chi connectivity index (χ4v) is 1.36. The van der Waals surface area contributed by atoms with Crippen molar-refractivity contribution >= 4 is 8.19 Å². The average molecular weight is 157 g/mol. The van der Waals surface area contributed by atoms with Crippen molar-refractivity contribution in [3.63, 3.8) is 0 Å². The highest BCUT2D eigenvalue weighted by molar-refractivity contribution is 7.61. The molecule has 0 heterocycles. The summed E-state index contributed by atoms with van der Waals surface area (Å²) >= 11 is 0. The third-order valence-electron chi connectivity index (χ3n) is 0.713. The Morgan fingerprint density at radius 1 is 1.11 bits per heavy atom. The third-order valence-corrected chi connectivity index (χ3v) is 2.14. The molecule has 2 N–H and O–H groups in total. The predicted octanol–water partition coefficient (Wildman–Crippen LogP) is 1.82. The maximum Gasteiger partial charge on any atom is 0.536 e. The van der Waals surface area contributed by atoms with Crippen LogP contribution < -0.4 is 10.2 Å². The molecule has 56 valence electrons. The molecule has 0 unspecified atom stereocenters. The number of hydrogen-bond donors (Lipinski definition) is 2. The van der Waals surface area contributed by atoms with Crippen LogP contribution in [0.5, 0.6) is 0 Å². The van der Waals surface area contributed by atoms with Crippen LogP contribution in [0.25, 0.3) is 0 Å². The van der Waals surface area contributed by atoms with Crippen molar-refractivity contribution < 1.29 is 8.39 Å². The van der Waals surface area contributed by atoms with Gasteiger partial charge in [0.25, 0.3) is 0 Å². The molecule has 9 heavy (non-hydrogen) atoms. The Labute approximate surface area is 54.7 Å². The summed E-state index contributed by atoms with van der Waals surface area (Å²) in [4.78, 5) is 0. The molecule has 0 aliphatic heterocycles. The molecule has 0 saturated heterocycles. The molecular weight excluding hydrogens is 145 g/mol. The van der Waals surface area contributed by atoms with Crippen LogP contribution in [0.1, 0.15) is 13.8 Å². The summed E-state index contributed by atoms with van der Waals surface area (Å²) < 4.78 is 24.6. The van der Waals surface area contributed by atoms with Crippen molar-refractivity contribution in [2.45, 2.75) is 13.8 Å². The van der Waals surface area contributed by atoms with Gasteiger partial charge in [0, 0.05) is 21.5 Å². The second kappa shape index (κ2) is 4.09. The minimum atomic E-state index is -3.94. The van der Waals surface area contributed by atoms with Crippen LogP contribution in [0.15, 0.2) is 0 Å². The number of halogens is 2. The first-order chi connectivity index (χ1) is 4.12. The van der Waals surface area contributed by atoms with Crippen LogP contribution in [0.4, 0.5) is 8.39 Å². The lowest BCUT2D eigenvalue weighted by Gasteiger charge is -2.02. The van der Waals surface area contributed by atoms with Gasteiger partial charge in [0.2, 0.25) is 0 Å². The monoisotopic (exact) mass is 157 g/mol. The van der Waals surface area contributed by atoms with Gasteiger partial charge in [-0.1, -0.05) is 0 Å². The van der Waals surface area contributed by atoms with E-state index < -0.39 is 8.19 Å². The van der Waals surface area contributed by atoms with E-state index in [-0.39, 0.29) is 0 Å². The van der Waals surface area contributed by atoms with Gasteiger partial charge in [0.1, 0.15) is 0 Å². The Morgan fingerprint density at radius 2 is 1.44 bits per heavy atom. The van der Waals surface area contributed by atoms with E-state index in [1.807, 2.05) is 0 Å². The summed E-state index contributed by atoms with van der Waals surface area (Å²) in [5.74, 6) is 0. The minimum absolute atomic E-state index is 0.313. The second-order valence-corrected chi connectivity index (χ2v) is 3.20. The van der Waals surface area contributed by atoms with Crippen molar-refractivity contribution in [3.05, 3.63) is 0 Å². The topological polar surface area (TPSA) is 24.1 Å². The predicted molar refractivity (Wildman–Crippen MR) is 36.5 cm³/mol. The molecule has 0 atom stereocenters. The maximum absolute atomic E-state index is 12.3. The zero-order valence-corrected chi connectivity index (χ0v) is 6.51. The van der Waals surface area contributed by atoms with Crippen molar-refractivity contribution in [1.29, 1.82) is 0 Å². The maximum atomic E-state index is 12.3. The lowest BCUT2D eigenvalue weighted by atomic mass is 10.8. The van der Waals surface area contributed by atoms with Gasteiger partial charge in [-0.15, -0.1) is 10.2 Å². The van der Waals surface area contributed by atoms with E-state index in [9.17, 15) is 8.39 Å². The Morgan fingerprint density at radius 3 is 1.67 bits per heavy atom. The van der Waals surface area contributed by atoms with Gasteiger partial charge in [-0.2, -0.15) is 0 Å². The average Bonchev–Trinajstić information content (AvgIpc) is 1.64. The van der Waals surface area contributed by atoms with Gasteiger partial charge in [-0.25, -0.2) is 0 Å². The molecule has 2 nitrogen and oxygen atoms in total. The van der Waals surface area contributed by atoms with Crippen molar-refractivity contribution in [3.8, 4) is 0 Å². The largest absolute Gasteiger partial charge is 0.536 e. The van der Waals surface area contributed by atoms with E-state index in [1.54, 1.807) is 13.8 Å². The van der Waals surface area contributed by atoms with Crippen LogP contribution in [0.2, 0.25) is 0 Å². The lowest BCUT2D eigenvalue weighted by molar-refractivity contribution is 0.626. The molecule has 0 radical (unpaired) electrons. The molecular formula is C4H12F2N2P+. The van der Waals surface area contributed by atoms with E-state index in [1.165, 1.54) is 0 Å². The van der Waals surface area contributed by atoms with Crippen molar-refractivity contribution in [2.24, 2.45) is 0 Å². The van der Waals surface area contributed by atoms with Crippen LogP contribution in [-0.2, 0) is 0 Å². The molecule has 0 aromatic rings. The van der Waals surface area contributed by atoms with Crippen LogP contribution in [0.3, 0.4) is 0 Å². The first kappa shape index (κ1) is 9.21.